The van der Waals surface area contributed by atoms with Crippen LogP contribution in [0.25, 0.3) is 67.2 Å². The van der Waals surface area contributed by atoms with Gasteiger partial charge in [-0.1, -0.05) is 132 Å². The zero-order valence-corrected chi connectivity index (χ0v) is 23.9. The molecule has 0 aliphatic carbocycles. The van der Waals surface area contributed by atoms with Gasteiger partial charge in [-0.2, -0.15) is 0 Å². The van der Waals surface area contributed by atoms with Crippen molar-refractivity contribution >= 4 is 34.0 Å². The van der Waals surface area contributed by atoms with Gasteiger partial charge in [0.2, 0.25) is 0 Å². The maximum absolute atomic E-state index is 6.26. The van der Waals surface area contributed by atoms with Crippen LogP contribution >= 0.6 is 23.2 Å². The van der Waals surface area contributed by atoms with Crippen LogP contribution in [-0.4, -0.2) is 15.0 Å². The first-order chi connectivity index (χ1) is 20.6. The van der Waals surface area contributed by atoms with Crippen LogP contribution < -0.4 is 0 Å². The van der Waals surface area contributed by atoms with Crippen LogP contribution in [0.15, 0.2) is 140 Å². The van der Waals surface area contributed by atoms with Crippen LogP contribution in [0, 0.1) is 0 Å². The smallest absolute Gasteiger partial charge is 0.164 e. The van der Waals surface area contributed by atoms with Crippen molar-refractivity contribution in [3.8, 4) is 56.4 Å². The fraction of sp³-hybridized carbons (Fsp3) is 0. The Morgan fingerprint density at radius 3 is 1.21 bits per heavy atom. The molecule has 0 saturated heterocycles. The lowest BCUT2D eigenvalue weighted by atomic mass is 9.97. The predicted molar refractivity (Wildman–Crippen MR) is 175 cm³/mol. The zero-order valence-electron chi connectivity index (χ0n) is 22.4. The van der Waals surface area contributed by atoms with Crippen molar-refractivity contribution in [2.24, 2.45) is 0 Å². The van der Waals surface area contributed by atoms with Crippen LogP contribution in [0.1, 0.15) is 0 Å². The standard InChI is InChI=1S/C37H23Cl2N3/c38-33-21-32(22-34(39)23-33)30-18-14-25-13-17-29(19-31(25)20-30)24-11-15-28(16-12-24)37-41-35(26-7-3-1-4-8-26)40-36(42-37)27-9-5-2-6-10-27/h1-23H. The van der Waals surface area contributed by atoms with Gasteiger partial charge in [-0.15, -0.1) is 0 Å². The van der Waals surface area contributed by atoms with E-state index in [9.17, 15) is 0 Å². The average Bonchev–Trinajstić information content (AvgIpc) is 3.04. The van der Waals surface area contributed by atoms with Gasteiger partial charge in [0.25, 0.3) is 0 Å². The number of benzene rings is 6. The molecule has 7 aromatic rings. The second-order valence-corrected chi connectivity index (χ2v) is 10.9. The maximum Gasteiger partial charge on any atom is 0.164 e. The Morgan fingerprint density at radius 2 is 0.714 bits per heavy atom. The number of aromatic nitrogens is 3. The molecule has 0 saturated carbocycles. The molecule has 42 heavy (non-hydrogen) atoms. The van der Waals surface area contributed by atoms with E-state index in [1.807, 2.05) is 72.8 Å². The van der Waals surface area contributed by atoms with Crippen LogP contribution in [0.2, 0.25) is 10.0 Å². The number of halogens is 2. The van der Waals surface area contributed by atoms with Crippen molar-refractivity contribution in [2.75, 3.05) is 0 Å². The van der Waals surface area contributed by atoms with Crippen molar-refractivity contribution < 1.29 is 0 Å². The SMILES string of the molecule is Clc1cc(Cl)cc(-c2ccc3ccc(-c4ccc(-c5nc(-c6ccccc6)nc(-c6ccccc6)n5)cc4)cc3c2)c1. The summed E-state index contributed by atoms with van der Waals surface area (Å²) in [6.07, 6.45) is 0. The minimum atomic E-state index is 0.622. The molecular formula is C37H23Cl2N3. The van der Waals surface area contributed by atoms with Gasteiger partial charge < -0.3 is 0 Å². The summed E-state index contributed by atoms with van der Waals surface area (Å²) >= 11 is 12.5. The normalized spacial score (nSPS) is 11.1. The van der Waals surface area contributed by atoms with Gasteiger partial charge in [-0.05, 0) is 63.4 Å². The molecule has 0 bridgehead atoms. The minimum Gasteiger partial charge on any atom is -0.208 e. The summed E-state index contributed by atoms with van der Waals surface area (Å²) in [5, 5.41) is 3.55. The highest BCUT2D eigenvalue weighted by Crippen LogP contribution is 2.32. The van der Waals surface area contributed by atoms with Gasteiger partial charge >= 0.3 is 0 Å². The third kappa shape index (κ3) is 5.40. The second-order valence-electron chi connectivity index (χ2n) is 10.1. The molecule has 1 heterocycles. The number of fused-ring (bicyclic) bond motifs is 1. The first kappa shape index (κ1) is 26.1. The molecule has 3 nitrogen and oxygen atoms in total. The summed E-state index contributed by atoms with van der Waals surface area (Å²) in [6.45, 7) is 0. The van der Waals surface area contributed by atoms with Crippen molar-refractivity contribution in [1.82, 2.24) is 15.0 Å². The largest absolute Gasteiger partial charge is 0.208 e. The average molecular weight is 581 g/mol. The van der Waals surface area contributed by atoms with E-state index in [1.54, 1.807) is 6.07 Å². The van der Waals surface area contributed by atoms with Gasteiger partial charge in [0.1, 0.15) is 0 Å². The lowest BCUT2D eigenvalue weighted by molar-refractivity contribution is 1.07. The van der Waals surface area contributed by atoms with Crippen LogP contribution in [0.3, 0.4) is 0 Å². The van der Waals surface area contributed by atoms with E-state index in [2.05, 4.69) is 60.7 Å². The highest BCUT2D eigenvalue weighted by atomic mass is 35.5. The van der Waals surface area contributed by atoms with E-state index in [1.165, 1.54) is 5.39 Å². The molecule has 200 valence electrons. The Hall–Kier alpha value is -4.83. The first-order valence-electron chi connectivity index (χ1n) is 13.6. The van der Waals surface area contributed by atoms with Crippen molar-refractivity contribution in [1.29, 1.82) is 0 Å². The van der Waals surface area contributed by atoms with Gasteiger partial charge in [0, 0.05) is 26.7 Å². The lowest BCUT2D eigenvalue weighted by Gasteiger charge is -2.10. The first-order valence-corrected chi connectivity index (χ1v) is 14.3. The van der Waals surface area contributed by atoms with E-state index in [4.69, 9.17) is 38.2 Å². The highest BCUT2D eigenvalue weighted by molar-refractivity contribution is 6.35. The zero-order chi connectivity index (χ0) is 28.5. The fourth-order valence-electron chi connectivity index (χ4n) is 5.08. The van der Waals surface area contributed by atoms with Gasteiger partial charge in [0.05, 0.1) is 0 Å². The molecule has 0 aliphatic heterocycles. The molecule has 0 N–H and O–H groups in total. The highest BCUT2D eigenvalue weighted by Gasteiger charge is 2.12. The molecule has 5 heteroatoms. The van der Waals surface area contributed by atoms with E-state index in [-0.39, 0.29) is 0 Å². The molecule has 0 atom stereocenters. The molecule has 0 fully saturated rings. The third-order valence-electron chi connectivity index (χ3n) is 7.21. The quantitative estimate of drug-likeness (QED) is 0.203. The summed E-state index contributed by atoms with van der Waals surface area (Å²) < 4.78 is 0. The van der Waals surface area contributed by atoms with Crippen LogP contribution in [-0.2, 0) is 0 Å². The molecule has 0 radical (unpaired) electrons. The van der Waals surface area contributed by atoms with Crippen molar-refractivity contribution in [3.05, 3.63) is 150 Å². The number of nitrogens with zero attached hydrogens (tertiary/aromatic N) is 3. The van der Waals surface area contributed by atoms with Crippen LogP contribution in [0.5, 0.6) is 0 Å². The Labute approximate surface area is 254 Å². The van der Waals surface area contributed by atoms with Gasteiger partial charge in [-0.25, -0.2) is 15.0 Å². The molecule has 1 aromatic heterocycles. The predicted octanol–water partition coefficient (Wildman–Crippen LogP) is 10.7. The second kappa shape index (κ2) is 11.2. The van der Waals surface area contributed by atoms with Crippen LogP contribution in [0.4, 0.5) is 0 Å². The molecule has 6 aromatic carbocycles. The summed E-state index contributed by atoms with van der Waals surface area (Å²) in [5.41, 5.74) is 7.12. The Balaban J connectivity index is 1.25. The minimum absolute atomic E-state index is 0.622. The van der Waals surface area contributed by atoms with Crippen molar-refractivity contribution in [2.45, 2.75) is 0 Å². The Bertz CT molecular complexity index is 1960. The number of rotatable bonds is 5. The Morgan fingerprint density at radius 1 is 0.310 bits per heavy atom. The van der Waals surface area contributed by atoms with Gasteiger partial charge in [-0.3, -0.25) is 0 Å². The monoisotopic (exact) mass is 579 g/mol. The van der Waals surface area contributed by atoms with Crippen molar-refractivity contribution in [3.63, 3.8) is 0 Å². The van der Waals surface area contributed by atoms with E-state index < -0.39 is 0 Å². The molecular weight excluding hydrogens is 557 g/mol. The maximum atomic E-state index is 6.26. The molecule has 0 amide bonds. The lowest BCUT2D eigenvalue weighted by Crippen LogP contribution is -2.00. The molecule has 7 rings (SSSR count). The third-order valence-corrected chi connectivity index (χ3v) is 7.65. The summed E-state index contributed by atoms with van der Waals surface area (Å²) in [5.74, 6) is 1.93. The van der Waals surface area contributed by atoms with E-state index in [0.717, 1.165) is 44.3 Å². The Kier molecular flexibility index (Phi) is 6.97. The topological polar surface area (TPSA) is 38.7 Å². The summed E-state index contributed by atoms with van der Waals surface area (Å²) in [6, 6.07) is 46.9. The number of hydrogen-bond donors (Lipinski definition) is 0. The number of hydrogen-bond acceptors (Lipinski definition) is 3. The summed E-state index contributed by atoms with van der Waals surface area (Å²) in [7, 11) is 0. The summed E-state index contributed by atoms with van der Waals surface area (Å²) in [4.78, 5) is 14.5. The fourth-order valence-corrected chi connectivity index (χ4v) is 5.60. The van der Waals surface area contributed by atoms with E-state index >= 15 is 0 Å². The molecule has 0 spiro atoms. The molecule has 0 unspecified atom stereocenters. The van der Waals surface area contributed by atoms with E-state index in [0.29, 0.717) is 27.5 Å². The van der Waals surface area contributed by atoms with Gasteiger partial charge in [0.15, 0.2) is 17.5 Å². The molecule has 0 aliphatic rings.